The zero-order valence-corrected chi connectivity index (χ0v) is 9.05. The van der Waals surface area contributed by atoms with Crippen LogP contribution >= 0.6 is 0 Å². The summed E-state index contributed by atoms with van der Waals surface area (Å²) < 4.78 is 0. The topological polar surface area (TPSA) is 20.3 Å². The van der Waals surface area contributed by atoms with Crippen molar-refractivity contribution in [2.24, 2.45) is 5.92 Å². The Balaban J connectivity index is 0.000000396. The molecule has 1 saturated carbocycles. The van der Waals surface area contributed by atoms with Crippen LogP contribution in [0.4, 0.5) is 0 Å². The molecule has 76 valence electrons. The summed E-state index contributed by atoms with van der Waals surface area (Å²) in [6.45, 7) is 7.22. The molecule has 2 heteroatoms. The smallest absolute Gasteiger partial charge is 0.223 e. The van der Waals surface area contributed by atoms with Crippen LogP contribution in [0.25, 0.3) is 0 Å². The van der Waals surface area contributed by atoms with E-state index in [1.54, 1.807) is 0 Å². The Bertz CT molecular complexity index is 175. The zero-order chi connectivity index (χ0) is 9.84. The lowest BCUT2D eigenvalue weighted by molar-refractivity contribution is -0.128. The monoisotopic (exact) mass is 183 g/mol. The van der Waals surface area contributed by atoms with Crippen LogP contribution < -0.4 is 0 Å². The molecule has 0 spiro atoms. The first-order valence-corrected chi connectivity index (χ1v) is 5.60. The fraction of sp³-hybridized carbons (Fsp3) is 0.909. The molecule has 1 saturated heterocycles. The Kier molecular flexibility index (Phi) is 3.76. The fourth-order valence-corrected chi connectivity index (χ4v) is 1.82. The second kappa shape index (κ2) is 4.64. The molecule has 1 aliphatic carbocycles. The van der Waals surface area contributed by atoms with Gasteiger partial charge in [0, 0.05) is 19.0 Å². The second-order valence-corrected chi connectivity index (χ2v) is 3.76. The minimum Gasteiger partial charge on any atom is -0.339 e. The van der Waals surface area contributed by atoms with Crippen molar-refractivity contribution >= 4 is 5.91 Å². The molecule has 2 fully saturated rings. The second-order valence-electron chi connectivity index (χ2n) is 3.76. The van der Waals surface area contributed by atoms with Crippen LogP contribution in [0.1, 0.15) is 46.5 Å². The van der Waals surface area contributed by atoms with Crippen LogP contribution in [0, 0.1) is 5.92 Å². The average Bonchev–Trinajstić information content (AvgIpc) is 2.94. The number of hydrogen-bond donors (Lipinski definition) is 0. The molecule has 0 aromatic rings. The van der Waals surface area contributed by atoms with Crippen LogP contribution in [0.5, 0.6) is 0 Å². The summed E-state index contributed by atoms with van der Waals surface area (Å²) >= 11 is 0. The molecule has 1 unspecified atom stereocenters. The Morgan fingerprint density at radius 3 is 2.38 bits per heavy atom. The van der Waals surface area contributed by atoms with Gasteiger partial charge in [-0.1, -0.05) is 27.2 Å². The Morgan fingerprint density at radius 2 is 2.00 bits per heavy atom. The van der Waals surface area contributed by atoms with Crippen LogP contribution in [0.15, 0.2) is 0 Å². The molecule has 0 aromatic carbocycles. The van der Waals surface area contributed by atoms with Gasteiger partial charge in [-0.05, 0) is 18.8 Å². The summed E-state index contributed by atoms with van der Waals surface area (Å²) in [7, 11) is 0. The normalized spacial score (nSPS) is 27.2. The van der Waals surface area contributed by atoms with E-state index in [9.17, 15) is 4.79 Å². The first kappa shape index (κ1) is 10.6. The third kappa shape index (κ3) is 2.45. The molecule has 0 aromatic heterocycles. The van der Waals surface area contributed by atoms with E-state index in [-0.39, 0.29) is 0 Å². The highest BCUT2D eigenvalue weighted by atomic mass is 16.2. The standard InChI is InChI=1S/C9H15NO.C2H6/c1-2-7-5-9(11)10(6-7)8-3-4-8;1-2/h7-8H,2-6H2,1H3;1-2H3. The van der Waals surface area contributed by atoms with Crippen molar-refractivity contribution < 1.29 is 4.79 Å². The number of likely N-dealkylation sites (tertiary alicyclic amines) is 1. The molecular formula is C11H21NO. The van der Waals surface area contributed by atoms with E-state index in [1.165, 1.54) is 12.8 Å². The van der Waals surface area contributed by atoms with Gasteiger partial charge in [0.15, 0.2) is 0 Å². The maximum Gasteiger partial charge on any atom is 0.223 e. The number of hydrogen-bond acceptors (Lipinski definition) is 1. The third-order valence-electron chi connectivity index (χ3n) is 2.80. The van der Waals surface area contributed by atoms with Crippen LogP contribution in [-0.2, 0) is 4.79 Å². The van der Waals surface area contributed by atoms with Gasteiger partial charge in [0.25, 0.3) is 0 Å². The highest BCUT2D eigenvalue weighted by molar-refractivity contribution is 5.79. The van der Waals surface area contributed by atoms with Gasteiger partial charge >= 0.3 is 0 Å². The molecule has 2 rings (SSSR count). The van der Waals surface area contributed by atoms with E-state index in [0.29, 0.717) is 17.9 Å². The van der Waals surface area contributed by atoms with Crippen molar-refractivity contribution in [1.82, 2.24) is 4.90 Å². The Morgan fingerprint density at radius 1 is 1.38 bits per heavy atom. The van der Waals surface area contributed by atoms with E-state index in [1.807, 2.05) is 13.8 Å². The summed E-state index contributed by atoms with van der Waals surface area (Å²) in [5.74, 6) is 1.06. The van der Waals surface area contributed by atoms with Gasteiger partial charge in [-0.2, -0.15) is 0 Å². The summed E-state index contributed by atoms with van der Waals surface area (Å²) in [6, 6.07) is 0.638. The molecule has 1 amide bonds. The molecule has 2 nitrogen and oxygen atoms in total. The minimum atomic E-state index is 0.402. The first-order chi connectivity index (χ1) is 6.31. The number of nitrogens with zero attached hydrogens (tertiary/aromatic N) is 1. The maximum absolute atomic E-state index is 11.4. The highest BCUT2D eigenvalue weighted by Crippen LogP contribution is 2.33. The van der Waals surface area contributed by atoms with Gasteiger partial charge in [-0.25, -0.2) is 0 Å². The molecule has 1 atom stereocenters. The van der Waals surface area contributed by atoms with Gasteiger partial charge in [0.05, 0.1) is 0 Å². The van der Waals surface area contributed by atoms with E-state index < -0.39 is 0 Å². The number of carbonyl (C=O) groups is 1. The quantitative estimate of drug-likeness (QED) is 0.644. The molecule has 1 aliphatic heterocycles. The van der Waals surface area contributed by atoms with Crippen molar-refractivity contribution in [3.8, 4) is 0 Å². The van der Waals surface area contributed by atoms with Gasteiger partial charge in [-0.15, -0.1) is 0 Å². The number of rotatable bonds is 2. The van der Waals surface area contributed by atoms with Crippen molar-refractivity contribution in [3.05, 3.63) is 0 Å². The summed E-state index contributed by atoms with van der Waals surface area (Å²) in [6.07, 6.45) is 4.48. The van der Waals surface area contributed by atoms with Crippen molar-refractivity contribution in [2.75, 3.05) is 6.54 Å². The van der Waals surface area contributed by atoms with Gasteiger partial charge < -0.3 is 4.90 Å². The Labute approximate surface area is 81.3 Å². The van der Waals surface area contributed by atoms with Gasteiger partial charge in [0.2, 0.25) is 5.91 Å². The predicted molar refractivity (Wildman–Crippen MR) is 54.5 cm³/mol. The van der Waals surface area contributed by atoms with E-state index >= 15 is 0 Å². The molecule has 0 bridgehead atoms. The largest absolute Gasteiger partial charge is 0.339 e. The lowest BCUT2D eigenvalue weighted by atomic mass is 10.1. The molecule has 0 N–H and O–H groups in total. The summed E-state index contributed by atoms with van der Waals surface area (Å²) in [5.41, 5.74) is 0. The van der Waals surface area contributed by atoms with Crippen molar-refractivity contribution in [1.29, 1.82) is 0 Å². The molecule has 2 aliphatic rings. The van der Waals surface area contributed by atoms with E-state index in [0.717, 1.165) is 19.4 Å². The average molecular weight is 183 g/mol. The summed E-state index contributed by atoms with van der Waals surface area (Å²) in [4.78, 5) is 13.4. The third-order valence-corrected chi connectivity index (χ3v) is 2.80. The van der Waals surface area contributed by atoms with Crippen LogP contribution in [0.2, 0.25) is 0 Å². The summed E-state index contributed by atoms with van der Waals surface area (Å²) in [5, 5.41) is 0. The minimum absolute atomic E-state index is 0.402. The number of carbonyl (C=O) groups excluding carboxylic acids is 1. The first-order valence-electron chi connectivity index (χ1n) is 5.60. The van der Waals surface area contributed by atoms with Crippen LogP contribution in [-0.4, -0.2) is 23.4 Å². The van der Waals surface area contributed by atoms with E-state index in [2.05, 4.69) is 11.8 Å². The zero-order valence-electron chi connectivity index (χ0n) is 9.05. The molecular weight excluding hydrogens is 162 g/mol. The molecule has 1 heterocycles. The molecule has 13 heavy (non-hydrogen) atoms. The predicted octanol–water partition coefficient (Wildman–Crippen LogP) is 2.43. The SMILES string of the molecule is CC.CCC1CC(=O)N(C2CC2)C1. The fourth-order valence-electron chi connectivity index (χ4n) is 1.82. The maximum atomic E-state index is 11.4. The van der Waals surface area contributed by atoms with Crippen LogP contribution in [0.3, 0.4) is 0 Å². The molecule has 0 radical (unpaired) electrons. The Hall–Kier alpha value is -0.530. The van der Waals surface area contributed by atoms with Gasteiger partial charge in [-0.3, -0.25) is 4.79 Å². The highest BCUT2D eigenvalue weighted by Gasteiger charge is 2.38. The van der Waals surface area contributed by atoms with E-state index in [4.69, 9.17) is 0 Å². The number of amides is 1. The van der Waals surface area contributed by atoms with Crippen molar-refractivity contribution in [2.45, 2.75) is 52.5 Å². The van der Waals surface area contributed by atoms with Crippen molar-refractivity contribution in [3.63, 3.8) is 0 Å². The van der Waals surface area contributed by atoms with Gasteiger partial charge in [0.1, 0.15) is 0 Å². The lowest BCUT2D eigenvalue weighted by Crippen LogP contribution is -2.27. The lowest BCUT2D eigenvalue weighted by Gasteiger charge is -2.14.